The third-order valence-corrected chi connectivity index (χ3v) is 4.93. The molecule has 3 fully saturated rings. The summed E-state index contributed by atoms with van der Waals surface area (Å²) in [4.78, 5) is 14.9. The molecule has 1 aromatic heterocycles. The average Bonchev–Trinajstić information content (AvgIpc) is 2.98. The highest BCUT2D eigenvalue weighted by atomic mass is 16.3. The number of fused-ring (bicyclic) bond motifs is 4. The van der Waals surface area contributed by atoms with Crippen LogP contribution in [0.15, 0.2) is 28.9 Å². The Hall–Kier alpha value is -2.32. The second-order valence-corrected chi connectivity index (χ2v) is 6.19. The topological polar surface area (TPSA) is 69.3 Å². The first-order chi connectivity index (χ1) is 10.7. The maximum atomic E-state index is 12.5. The van der Waals surface area contributed by atoms with Crippen molar-refractivity contribution in [1.29, 1.82) is 5.26 Å². The van der Waals surface area contributed by atoms with E-state index < -0.39 is 0 Å². The van der Waals surface area contributed by atoms with Crippen LogP contribution in [-0.4, -0.2) is 36.5 Å². The van der Waals surface area contributed by atoms with Crippen LogP contribution < -0.4 is 5.32 Å². The molecule has 4 heterocycles. The number of amides is 1. The second kappa shape index (κ2) is 5.15. The smallest absolute Gasteiger partial charge is 0.251 e. The maximum Gasteiger partial charge on any atom is 0.251 e. The summed E-state index contributed by atoms with van der Waals surface area (Å²) in [5, 5.41) is 12.9. The molecular formula is C17H17N3O2. The van der Waals surface area contributed by atoms with E-state index >= 15 is 0 Å². The lowest BCUT2D eigenvalue weighted by atomic mass is 9.84. The van der Waals surface area contributed by atoms with Gasteiger partial charge in [-0.05, 0) is 50.0 Å². The van der Waals surface area contributed by atoms with Crippen molar-refractivity contribution in [2.24, 2.45) is 5.92 Å². The van der Waals surface area contributed by atoms with E-state index in [1.807, 2.05) is 0 Å². The first kappa shape index (κ1) is 13.4. The molecule has 5 heteroatoms. The summed E-state index contributed by atoms with van der Waals surface area (Å²) in [6.45, 7) is 3.27. The summed E-state index contributed by atoms with van der Waals surface area (Å²) in [6, 6.07) is 7.59. The molecule has 0 spiro atoms. The van der Waals surface area contributed by atoms with Crippen LogP contribution in [0, 0.1) is 17.2 Å². The first-order valence-electron chi connectivity index (χ1n) is 7.69. The highest BCUT2D eigenvalue weighted by molar-refractivity contribution is 5.98. The Labute approximate surface area is 128 Å². The summed E-state index contributed by atoms with van der Waals surface area (Å²) in [6.07, 6.45) is 3.78. The molecule has 5 nitrogen and oxygen atoms in total. The van der Waals surface area contributed by atoms with Crippen LogP contribution in [0.3, 0.4) is 0 Å². The Morgan fingerprint density at radius 3 is 2.86 bits per heavy atom. The predicted octanol–water partition coefficient (Wildman–Crippen LogP) is 2.13. The molecule has 5 rings (SSSR count). The zero-order valence-corrected chi connectivity index (χ0v) is 12.2. The summed E-state index contributed by atoms with van der Waals surface area (Å²) in [7, 11) is 0. The summed E-state index contributed by atoms with van der Waals surface area (Å²) < 4.78 is 5.36. The van der Waals surface area contributed by atoms with Gasteiger partial charge in [0.2, 0.25) is 0 Å². The monoisotopic (exact) mass is 295 g/mol. The second-order valence-electron chi connectivity index (χ2n) is 6.19. The number of benzene rings is 1. The molecule has 112 valence electrons. The average molecular weight is 295 g/mol. The Kier molecular flexibility index (Phi) is 3.12. The first-order valence-corrected chi connectivity index (χ1v) is 7.69. The molecule has 3 aliphatic rings. The van der Waals surface area contributed by atoms with Crippen LogP contribution >= 0.6 is 0 Å². The Bertz CT molecular complexity index is 766. The molecule has 1 atom stereocenters. The number of furan rings is 1. The highest BCUT2D eigenvalue weighted by Crippen LogP contribution is 2.28. The quantitative estimate of drug-likeness (QED) is 0.921. The van der Waals surface area contributed by atoms with E-state index in [2.05, 4.69) is 16.3 Å². The third kappa shape index (κ3) is 2.16. The van der Waals surface area contributed by atoms with Crippen LogP contribution in [0.25, 0.3) is 11.0 Å². The lowest BCUT2D eigenvalue weighted by molar-refractivity contribution is 0.0620. The normalized spacial score (nSPS) is 26.8. The minimum Gasteiger partial charge on any atom is -0.463 e. The molecule has 0 radical (unpaired) electrons. The molecular weight excluding hydrogens is 278 g/mol. The van der Waals surface area contributed by atoms with Gasteiger partial charge in [-0.2, -0.15) is 5.26 Å². The van der Waals surface area contributed by atoms with Crippen LogP contribution in [0.1, 0.15) is 28.8 Å². The summed E-state index contributed by atoms with van der Waals surface area (Å²) in [5.41, 5.74) is 1.67. The third-order valence-electron chi connectivity index (χ3n) is 4.93. The lowest BCUT2D eigenvalue weighted by Crippen LogP contribution is -2.57. The van der Waals surface area contributed by atoms with E-state index in [0.29, 0.717) is 22.6 Å². The van der Waals surface area contributed by atoms with Gasteiger partial charge in [0.1, 0.15) is 17.9 Å². The van der Waals surface area contributed by atoms with Crippen molar-refractivity contribution in [3.8, 4) is 6.07 Å². The minimum absolute atomic E-state index is 0.0597. The molecule has 1 aromatic carbocycles. The largest absolute Gasteiger partial charge is 0.463 e. The van der Waals surface area contributed by atoms with Crippen LogP contribution in [-0.2, 0) is 0 Å². The van der Waals surface area contributed by atoms with Gasteiger partial charge in [-0.1, -0.05) is 0 Å². The Morgan fingerprint density at radius 1 is 1.36 bits per heavy atom. The van der Waals surface area contributed by atoms with Gasteiger partial charge in [-0.25, -0.2) is 0 Å². The molecule has 1 N–H and O–H groups in total. The zero-order valence-electron chi connectivity index (χ0n) is 12.2. The fourth-order valence-electron chi connectivity index (χ4n) is 3.64. The van der Waals surface area contributed by atoms with E-state index in [1.54, 1.807) is 18.2 Å². The van der Waals surface area contributed by atoms with Gasteiger partial charge in [0.15, 0.2) is 0 Å². The predicted molar refractivity (Wildman–Crippen MR) is 81.3 cm³/mol. The van der Waals surface area contributed by atoms with Gasteiger partial charge >= 0.3 is 0 Å². The zero-order chi connectivity index (χ0) is 15.1. The molecule has 2 aromatic rings. The molecule has 0 saturated carbocycles. The van der Waals surface area contributed by atoms with E-state index in [9.17, 15) is 4.79 Å². The van der Waals surface area contributed by atoms with Gasteiger partial charge in [0, 0.05) is 23.5 Å². The molecule has 3 aliphatic heterocycles. The van der Waals surface area contributed by atoms with Crippen molar-refractivity contribution in [1.82, 2.24) is 10.2 Å². The van der Waals surface area contributed by atoms with Crippen molar-refractivity contribution in [3.05, 3.63) is 35.6 Å². The number of rotatable bonds is 2. The van der Waals surface area contributed by atoms with Crippen LogP contribution in [0.5, 0.6) is 0 Å². The fraction of sp³-hybridized carbons (Fsp3) is 0.412. The molecule has 3 saturated heterocycles. The van der Waals surface area contributed by atoms with Gasteiger partial charge in [-0.15, -0.1) is 0 Å². The molecule has 0 unspecified atom stereocenters. The Morgan fingerprint density at radius 2 is 2.18 bits per heavy atom. The van der Waals surface area contributed by atoms with E-state index in [-0.39, 0.29) is 11.9 Å². The van der Waals surface area contributed by atoms with Crippen molar-refractivity contribution < 1.29 is 9.21 Å². The SMILES string of the molecule is N#Cc1coc2cc(C(=O)N[C@H]3CN4CCC3CC4)ccc12. The molecule has 1 amide bonds. The maximum absolute atomic E-state index is 12.5. The molecule has 2 bridgehead atoms. The van der Waals surface area contributed by atoms with Gasteiger partial charge in [0.05, 0.1) is 5.56 Å². The number of nitrogens with zero attached hydrogens (tertiary/aromatic N) is 2. The number of hydrogen-bond donors (Lipinski definition) is 1. The number of piperidine rings is 3. The van der Waals surface area contributed by atoms with Crippen molar-refractivity contribution >= 4 is 16.9 Å². The molecule has 22 heavy (non-hydrogen) atoms. The number of carbonyl (C=O) groups is 1. The number of carbonyl (C=O) groups excluding carboxylic acids is 1. The number of nitrogens with one attached hydrogen (secondary N) is 1. The minimum atomic E-state index is -0.0597. The van der Waals surface area contributed by atoms with E-state index in [1.165, 1.54) is 19.1 Å². The molecule has 0 aliphatic carbocycles. The van der Waals surface area contributed by atoms with Gasteiger partial charge in [-0.3, -0.25) is 4.79 Å². The van der Waals surface area contributed by atoms with E-state index in [4.69, 9.17) is 9.68 Å². The van der Waals surface area contributed by atoms with Crippen molar-refractivity contribution in [3.63, 3.8) is 0 Å². The summed E-state index contributed by atoms with van der Waals surface area (Å²) in [5.74, 6) is 0.544. The van der Waals surface area contributed by atoms with Crippen LogP contribution in [0.4, 0.5) is 0 Å². The fourth-order valence-corrected chi connectivity index (χ4v) is 3.64. The lowest BCUT2D eigenvalue weighted by Gasteiger charge is -2.44. The van der Waals surface area contributed by atoms with Gasteiger partial charge < -0.3 is 14.6 Å². The van der Waals surface area contributed by atoms with Crippen LogP contribution in [0.2, 0.25) is 0 Å². The standard InChI is InChI=1S/C17H17N3O2/c18-8-13-10-22-16-7-12(1-2-14(13)16)17(21)19-15-9-20-5-3-11(15)4-6-20/h1-2,7,10-11,15H,3-6,9H2,(H,19,21)/t15-/m0/s1. The van der Waals surface area contributed by atoms with Crippen molar-refractivity contribution in [2.75, 3.05) is 19.6 Å². The number of nitriles is 1. The summed E-state index contributed by atoms with van der Waals surface area (Å²) >= 11 is 0. The Balaban J connectivity index is 1.54. The van der Waals surface area contributed by atoms with E-state index in [0.717, 1.165) is 25.0 Å². The van der Waals surface area contributed by atoms with Crippen molar-refractivity contribution in [2.45, 2.75) is 18.9 Å². The highest BCUT2D eigenvalue weighted by Gasteiger charge is 2.34. The number of hydrogen-bond acceptors (Lipinski definition) is 4. The van der Waals surface area contributed by atoms with Gasteiger partial charge in [0.25, 0.3) is 5.91 Å².